The van der Waals surface area contributed by atoms with Crippen LogP contribution in [0, 0.1) is 11.8 Å². The van der Waals surface area contributed by atoms with Gasteiger partial charge in [-0.15, -0.1) is 10.2 Å². The van der Waals surface area contributed by atoms with Crippen LogP contribution in [0.2, 0.25) is 0 Å². The number of rotatable bonds is 3. The van der Waals surface area contributed by atoms with E-state index in [-0.39, 0.29) is 0 Å². The molecule has 0 unspecified atom stereocenters. The van der Waals surface area contributed by atoms with Gasteiger partial charge in [-0.2, -0.15) is 13.2 Å². The maximum Gasteiger partial charge on any atom is 0.416 e. The Bertz CT molecular complexity index is 1520. The third kappa shape index (κ3) is 7.46. The first-order valence-corrected chi connectivity index (χ1v) is 12.9. The maximum absolute atomic E-state index is 12.8. The number of primary amides is 1. The first-order valence-electron chi connectivity index (χ1n) is 12.9. The zero-order valence-electron chi connectivity index (χ0n) is 22.4. The van der Waals surface area contributed by atoms with Gasteiger partial charge in [-0.1, -0.05) is 48.4 Å². The van der Waals surface area contributed by atoms with Gasteiger partial charge in [0.25, 0.3) is 0 Å². The number of hydrogen-bond donors (Lipinski definition) is 1. The number of nitrogens with two attached hydrogens (primary N) is 1. The van der Waals surface area contributed by atoms with Crippen LogP contribution in [-0.2, 0) is 17.5 Å². The topological polar surface area (TPSA) is 79.8 Å². The molecule has 1 fully saturated rings. The Hall–Kier alpha value is -4.20. The quantitative estimate of drug-likeness (QED) is 0.496. The van der Waals surface area contributed by atoms with Crippen molar-refractivity contribution in [3.8, 4) is 11.8 Å². The minimum Gasteiger partial charge on any atom is -0.366 e. The minimum atomic E-state index is -4.26. The van der Waals surface area contributed by atoms with Crippen LogP contribution in [0.1, 0.15) is 30.3 Å². The first-order chi connectivity index (χ1) is 19.1. The highest BCUT2D eigenvalue weighted by Gasteiger charge is 2.33. The summed E-state index contributed by atoms with van der Waals surface area (Å²) in [6, 6.07) is 11.5. The fourth-order valence-corrected chi connectivity index (χ4v) is 4.32. The molecule has 2 aliphatic rings. The molecule has 40 heavy (non-hydrogen) atoms. The zero-order chi connectivity index (χ0) is 28.7. The SMILES string of the molecule is CC1=CC=C(C(N)=O)CC=C1C#Cc1nnc2ccccn12.CN1CCN(Cc2ccccc2C(F)(F)F)CC1. The molecule has 208 valence electrons. The second-order valence-corrected chi connectivity index (χ2v) is 9.66. The average Bonchev–Trinajstić information content (AvgIpc) is 3.24. The summed E-state index contributed by atoms with van der Waals surface area (Å²) in [7, 11) is 2.03. The number of hydrogen-bond acceptors (Lipinski definition) is 5. The van der Waals surface area contributed by atoms with Gasteiger partial charge in [-0.05, 0) is 55.6 Å². The highest BCUT2D eigenvalue weighted by Crippen LogP contribution is 2.32. The number of piperazine rings is 1. The lowest BCUT2D eigenvalue weighted by Gasteiger charge is -2.32. The number of alkyl halides is 3. The molecule has 0 spiro atoms. The van der Waals surface area contributed by atoms with Gasteiger partial charge in [0.05, 0.1) is 5.56 Å². The van der Waals surface area contributed by atoms with Crippen LogP contribution in [0.15, 0.2) is 83.6 Å². The van der Waals surface area contributed by atoms with Crippen molar-refractivity contribution in [3.63, 3.8) is 0 Å². The van der Waals surface area contributed by atoms with Crippen molar-refractivity contribution in [1.29, 1.82) is 0 Å². The maximum atomic E-state index is 12.8. The molecule has 1 aliphatic heterocycles. The summed E-state index contributed by atoms with van der Waals surface area (Å²) in [5.41, 5.74) is 8.35. The normalized spacial score (nSPS) is 16.5. The van der Waals surface area contributed by atoms with Gasteiger partial charge >= 0.3 is 6.18 Å². The standard InChI is InChI=1S/C17H14N4O.C13H17F3N2/c1-12-5-6-14(17(18)22)8-7-13(12)9-10-16-20-19-15-4-2-3-11-21(15)16;1-17-6-8-18(9-7-17)10-11-4-2-3-5-12(11)13(14,15)16/h2-7,11H,8H2,1H3,(H2,18,22);2-5H,6-10H2,1H3. The molecule has 7 nitrogen and oxygen atoms in total. The minimum absolute atomic E-state index is 0.370. The molecular weight excluding hydrogens is 517 g/mol. The van der Waals surface area contributed by atoms with E-state index < -0.39 is 17.6 Å². The predicted octanol–water partition coefficient (Wildman–Crippen LogP) is 4.22. The highest BCUT2D eigenvalue weighted by molar-refractivity contribution is 5.92. The number of carbonyl (C=O) groups excluding carboxylic acids is 1. The van der Waals surface area contributed by atoms with Crippen LogP contribution in [0.25, 0.3) is 5.65 Å². The molecule has 0 saturated carbocycles. The Morgan fingerprint density at radius 3 is 2.45 bits per heavy atom. The molecule has 2 N–H and O–H groups in total. The number of likely N-dealkylation sites (N-methyl/N-ethyl adjacent to an activating group) is 1. The van der Waals surface area contributed by atoms with Crippen molar-refractivity contribution >= 4 is 11.6 Å². The fraction of sp³-hybridized carbons (Fsp3) is 0.300. The lowest BCUT2D eigenvalue weighted by molar-refractivity contribution is -0.138. The van der Waals surface area contributed by atoms with Gasteiger partial charge in [0.2, 0.25) is 11.7 Å². The molecular formula is C30H31F3N6O. The molecule has 1 aliphatic carbocycles. The molecule has 3 aromatic rings. The van der Waals surface area contributed by atoms with Crippen LogP contribution in [-0.4, -0.2) is 63.5 Å². The number of amides is 1. The van der Waals surface area contributed by atoms with E-state index in [1.54, 1.807) is 18.2 Å². The van der Waals surface area contributed by atoms with Gasteiger partial charge < -0.3 is 10.6 Å². The van der Waals surface area contributed by atoms with Crippen LogP contribution < -0.4 is 5.73 Å². The molecule has 0 atom stereocenters. The summed E-state index contributed by atoms with van der Waals surface area (Å²) < 4.78 is 40.3. The summed E-state index contributed by atoms with van der Waals surface area (Å²) in [5, 5.41) is 8.14. The Kier molecular flexibility index (Phi) is 9.19. The van der Waals surface area contributed by atoms with E-state index in [1.165, 1.54) is 6.07 Å². The zero-order valence-corrected chi connectivity index (χ0v) is 22.4. The molecule has 0 bridgehead atoms. The van der Waals surface area contributed by atoms with Crippen molar-refractivity contribution in [2.75, 3.05) is 33.2 Å². The summed E-state index contributed by atoms with van der Waals surface area (Å²) in [6.45, 7) is 5.79. The molecule has 5 rings (SSSR count). The number of allylic oxidation sites excluding steroid dienone is 5. The third-order valence-corrected chi connectivity index (χ3v) is 6.74. The smallest absolute Gasteiger partial charge is 0.366 e. The van der Waals surface area contributed by atoms with E-state index in [2.05, 4.69) is 31.8 Å². The monoisotopic (exact) mass is 548 g/mol. The summed E-state index contributed by atoms with van der Waals surface area (Å²) in [4.78, 5) is 15.5. The van der Waals surface area contributed by atoms with Gasteiger partial charge in [0, 0.05) is 50.1 Å². The molecule has 1 saturated heterocycles. The van der Waals surface area contributed by atoms with Crippen molar-refractivity contribution in [3.05, 3.63) is 101 Å². The first kappa shape index (κ1) is 28.8. The highest BCUT2D eigenvalue weighted by atomic mass is 19.4. The van der Waals surface area contributed by atoms with E-state index in [0.29, 0.717) is 29.9 Å². The molecule has 1 aromatic carbocycles. The Labute approximate surface area is 231 Å². The van der Waals surface area contributed by atoms with E-state index >= 15 is 0 Å². The number of nitrogens with zero attached hydrogens (tertiary/aromatic N) is 5. The van der Waals surface area contributed by atoms with Gasteiger partial charge in [-0.25, -0.2) is 0 Å². The van der Waals surface area contributed by atoms with Gasteiger partial charge in [-0.3, -0.25) is 14.1 Å². The fourth-order valence-electron chi connectivity index (χ4n) is 4.32. The Morgan fingerprint density at radius 2 is 1.73 bits per heavy atom. The van der Waals surface area contributed by atoms with Gasteiger partial charge in [0.15, 0.2) is 5.65 Å². The van der Waals surface area contributed by atoms with Crippen LogP contribution in [0.4, 0.5) is 13.2 Å². The Morgan fingerprint density at radius 1 is 1.00 bits per heavy atom. The lowest BCUT2D eigenvalue weighted by Crippen LogP contribution is -2.44. The number of pyridine rings is 1. The number of fused-ring (bicyclic) bond motifs is 1. The molecule has 1 amide bonds. The number of halogens is 3. The summed E-state index contributed by atoms with van der Waals surface area (Å²) >= 11 is 0. The molecule has 2 aromatic heterocycles. The average molecular weight is 549 g/mol. The van der Waals surface area contributed by atoms with Gasteiger partial charge in [0.1, 0.15) is 0 Å². The number of carbonyl (C=O) groups is 1. The Balaban J connectivity index is 0.000000189. The van der Waals surface area contributed by atoms with Crippen molar-refractivity contribution < 1.29 is 18.0 Å². The number of benzene rings is 1. The largest absolute Gasteiger partial charge is 0.416 e. The predicted molar refractivity (Wildman–Crippen MR) is 148 cm³/mol. The summed E-state index contributed by atoms with van der Waals surface area (Å²) in [6.07, 6.45) is 3.60. The second-order valence-electron chi connectivity index (χ2n) is 9.66. The van der Waals surface area contributed by atoms with E-state index in [9.17, 15) is 18.0 Å². The van der Waals surface area contributed by atoms with E-state index in [1.807, 2.05) is 54.9 Å². The summed E-state index contributed by atoms with van der Waals surface area (Å²) in [5.74, 6) is 6.31. The lowest BCUT2D eigenvalue weighted by atomic mass is 10.1. The van der Waals surface area contributed by atoms with Crippen LogP contribution in [0.5, 0.6) is 0 Å². The molecule has 0 radical (unpaired) electrons. The van der Waals surface area contributed by atoms with Crippen molar-refractivity contribution in [2.24, 2.45) is 5.73 Å². The van der Waals surface area contributed by atoms with Crippen LogP contribution >= 0.6 is 0 Å². The third-order valence-electron chi connectivity index (χ3n) is 6.74. The van der Waals surface area contributed by atoms with Crippen molar-refractivity contribution in [2.45, 2.75) is 26.1 Å². The van der Waals surface area contributed by atoms with E-state index in [4.69, 9.17) is 5.73 Å². The van der Waals surface area contributed by atoms with E-state index in [0.717, 1.165) is 49.0 Å². The van der Waals surface area contributed by atoms with Crippen LogP contribution in [0.3, 0.4) is 0 Å². The molecule has 10 heteroatoms. The van der Waals surface area contributed by atoms with Crippen molar-refractivity contribution in [1.82, 2.24) is 24.4 Å². The molecule has 3 heterocycles. The number of aromatic nitrogens is 3. The second kappa shape index (κ2) is 12.8.